The van der Waals surface area contributed by atoms with Crippen LogP contribution in [0.25, 0.3) is 0 Å². The number of hydrogen-bond donors (Lipinski definition) is 3. The SMILES string of the molecule is N#C/C(=N\Nc1cccc(S(=O)(=O)N2CCCCC2)c1)C(=N)N. The maximum atomic E-state index is 12.6. The zero-order chi connectivity index (χ0) is 16.9. The minimum Gasteiger partial charge on any atom is -0.382 e. The summed E-state index contributed by atoms with van der Waals surface area (Å²) in [5, 5.41) is 19.7. The third-order valence-electron chi connectivity index (χ3n) is 3.44. The Morgan fingerprint density at radius 2 is 2.04 bits per heavy atom. The van der Waals surface area contributed by atoms with Crippen LogP contribution in [0.2, 0.25) is 0 Å². The van der Waals surface area contributed by atoms with Crippen LogP contribution in [-0.4, -0.2) is 37.4 Å². The zero-order valence-corrected chi connectivity index (χ0v) is 13.3. The lowest BCUT2D eigenvalue weighted by molar-refractivity contribution is 0.346. The van der Waals surface area contributed by atoms with E-state index >= 15 is 0 Å². The predicted molar refractivity (Wildman–Crippen MR) is 87.6 cm³/mol. The lowest BCUT2D eigenvalue weighted by Crippen LogP contribution is -2.35. The molecule has 2 rings (SSSR count). The number of sulfonamides is 1. The molecule has 1 saturated heterocycles. The summed E-state index contributed by atoms with van der Waals surface area (Å²) in [6, 6.07) is 7.86. The van der Waals surface area contributed by atoms with Crippen LogP contribution in [0, 0.1) is 16.7 Å². The van der Waals surface area contributed by atoms with Gasteiger partial charge in [-0.3, -0.25) is 10.8 Å². The molecule has 0 atom stereocenters. The summed E-state index contributed by atoms with van der Waals surface area (Å²) in [4.78, 5) is 0.168. The maximum absolute atomic E-state index is 12.6. The summed E-state index contributed by atoms with van der Waals surface area (Å²) in [7, 11) is -3.53. The standard InChI is InChI=1S/C14H18N6O2S/c15-10-13(14(16)17)19-18-11-5-4-6-12(9-11)23(21,22)20-7-2-1-3-8-20/h4-6,9,18H,1-3,7-8H2,(H3,16,17)/b19-13+. The summed E-state index contributed by atoms with van der Waals surface area (Å²) < 4.78 is 26.7. The molecule has 1 aromatic carbocycles. The third-order valence-corrected chi connectivity index (χ3v) is 5.34. The number of nitrogens with one attached hydrogen (secondary N) is 2. The van der Waals surface area contributed by atoms with E-state index < -0.39 is 15.9 Å². The molecule has 0 unspecified atom stereocenters. The summed E-state index contributed by atoms with van der Waals surface area (Å²) in [6.45, 7) is 1.06. The molecule has 9 heteroatoms. The fraction of sp³-hybridized carbons (Fsp3) is 0.357. The van der Waals surface area contributed by atoms with Crippen LogP contribution in [0.4, 0.5) is 5.69 Å². The number of nitriles is 1. The molecule has 0 spiro atoms. The van der Waals surface area contributed by atoms with Crippen LogP contribution in [0.15, 0.2) is 34.3 Å². The van der Waals surface area contributed by atoms with Crippen LogP contribution in [0.1, 0.15) is 19.3 Å². The number of nitrogens with two attached hydrogens (primary N) is 1. The monoisotopic (exact) mass is 334 g/mol. The number of amidine groups is 1. The molecule has 0 radical (unpaired) electrons. The number of hydrogen-bond acceptors (Lipinski definition) is 6. The van der Waals surface area contributed by atoms with Crippen LogP contribution < -0.4 is 11.2 Å². The van der Waals surface area contributed by atoms with Gasteiger partial charge in [0.25, 0.3) is 0 Å². The molecule has 0 saturated carbocycles. The van der Waals surface area contributed by atoms with E-state index in [1.165, 1.54) is 16.4 Å². The van der Waals surface area contributed by atoms with Crippen molar-refractivity contribution in [1.82, 2.24) is 4.31 Å². The first kappa shape index (κ1) is 16.9. The number of anilines is 1. The Hall–Kier alpha value is -2.44. The minimum absolute atomic E-state index is 0.168. The van der Waals surface area contributed by atoms with E-state index in [4.69, 9.17) is 16.4 Å². The average molecular weight is 334 g/mol. The molecule has 1 heterocycles. The highest BCUT2D eigenvalue weighted by Crippen LogP contribution is 2.22. The maximum Gasteiger partial charge on any atom is 0.243 e. The number of nitrogens with zero attached hydrogens (tertiary/aromatic N) is 3. The molecule has 1 aliphatic heterocycles. The molecule has 0 aliphatic carbocycles. The Bertz CT molecular complexity index is 760. The Kier molecular flexibility index (Phi) is 5.31. The summed E-state index contributed by atoms with van der Waals surface area (Å²) in [6.07, 6.45) is 2.78. The van der Waals surface area contributed by atoms with Crippen molar-refractivity contribution in [1.29, 1.82) is 10.7 Å². The van der Waals surface area contributed by atoms with Gasteiger partial charge in [-0.15, -0.1) is 0 Å². The van der Waals surface area contributed by atoms with Gasteiger partial charge in [0.05, 0.1) is 10.6 Å². The molecule has 23 heavy (non-hydrogen) atoms. The molecule has 0 amide bonds. The summed E-state index contributed by atoms with van der Waals surface area (Å²) in [5.74, 6) is -0.461. The topological polar surface area (TPSA) is 135 Å². The smallest absolute Gasteiger partial charge is 0.243 e. The predicted octanol–water partition coefficient (Wildman–Crippen LogP) is 1.09. The van der Waals surface area contributed by atoms with Crippen molar-refractivity contribution in [3.63, 3.8) is 0 Å². The van der Waals surface area contributed by atoms with Crippen molar-refractivity contribution in [2.24, 2.45) is 10.8 Å². The van der Waals surface area contributed by atoms with Gasteiger partial charge >= 0.3 is 0 Å². The average Bonchev–Trinajstić information content (AvgIpc) is 2.56. The Morgan fingerprint density at radius 1 is 1.35 bits per heavy atom. The van der Waals surface area contributed by atoms with Crippen molar-refractivity contribution in [3.8, 4) is 6.07 Å². The van der Waals surface area contributed by atoms with E-state index in [1.54, 1.807) is 18.2 Å². The van der Waals surface area contributed by atoms with Crippen LogP contribution in [-0.2, 0) is 10.0 Å². The molecule has 1 fully saturated rings. The molecule has 1 aliphatic rings. The van der Waals surface area contributed by atoms with Crippen molar-refractivity contribution in [2.45, 2.75) is 24.2 Å². The largest absolute Gasteiger partial charge is 0.382 e. The molecule has 0 aromatic heterocycles. The number of rotatable bonds is 5. The zero-order valence-electron chi connectivity index (χ0n) is 12.5. The van der Waals surface area contributed by atoms with Gasteiger partial charge in [0.2, 0.25) is 15.7 Å². The van der Waals surface area contributed by atoms with Gasteiger partial charge in [-0.05, 0) is 31.0 Å². The number of hydrazone groups is 1. The van der Waals surface area contributed by atoms with Gasteiger partial charge in [-0.25, -0.2) is 8.42 Å². The van der Waals surface area contributed by atoms with Gasteiger partial charge in [0.1, 0.15) is 6.07 Å². The second kappa shape index (κ2) is 7.21. The molecular weight excluding hydrogens is 316 g/mol. The molecular formula is C14H18N6O2S. The summed E-state index contributed by atoms with van der Waals surface area (Å²) >= 11 is 0. The highest BCUT2D eigenvalue weighted by Gasteiger charge is 2.25. The van der Waals surface area contributed by atoms with Crippen LogP contribution >= 0.6 is 0 Å². The van der Waals surface area contributed by atoms with Crippen molar-refractivity contribution in [3.05, 3.63) is 24.3 Å². The van der Waals surface area contributed by atoms with Gasteiger partial charge in [-0.2, -0.15) is 14.7 Å². The highest BCUT2D eigenvalue weighted by molar-refractivity contribution is 7.89. The number of benzene rings is 1. The third kappa shape index (κ3) is 4.06. The van der Waals surface area contributed by atoms with E-state index in [1.807, 2.05) is 0 Å². The van der Waals surface area contributed by atoms with Crippen molar-refractivity contribution >= 4 is 27.3 Å². The first-order chi connectivity index (χ1) is 10.9. The first-order valence-corrected chi connectivity index (χ1v) is 8.57. The Labute approximate surface area is 135 Å². The van der Waals surface area contributed by atoms with E-state index in [9.17, 15) is 8.42 Å². The quantitative estimate of drug-likeness (QED) is 0.421. The van der Waals surface area contributed by atoms with Gasteiger partial charge in [-0.1, -0.05) is 12.5 Å². The normalized spacial score (nSPS) is 16.6. The second-order valence-corrected chi connectivity index (χ2v) is 7.03. The van der Waals surface area contributed by atoms with Gasteiger partial charge < -0.3 is 5.73 Å². The Morgan fingerprint density at radius 3 is 2.65 bits per heavy atom. The lowest BCUT2D eigenvalue weighted by atomic mass is 10.2. The van der Waals surface area contributed by atoms with Gasteiger partial charge in [0.15, 0.2) is 5.84 Å². The molecule has 122 valence electrons. The van der Waals surface area contributed by atoms with Crippen molar-refractivity contribution < 1.29 is 8.42 Å². The second-order valence-electron chi connectivity index (χ2n) is 5.09. The van der Waals surface area contributed by atoms with Gasteiger partial charge in [0, 0.05) is 13.1 Å². The molecule has 0 bridgehead atoms. The minimum atomic E-state index is -3.53. The van der Waals surface area contributed by atoms with E-state index in [-0.39, 0.29) is 10.6 Å². The van der Waals surface area contributed by atoms with E-state index in [0.29, 0.717) is 18.8 Å². The fourth-order valence-corrected chi connectivity index (χ4v) is 3.81. The molecule has 8 nitrogen and oxygen atoms in total. The fourth-order valence-electron chi connectivity index (χ4n) is 2.25. The van der Waals surface area contributed by atoms with Crippen LogP contribution in [0.5, 0.6) is 0 Å². The molecule has 4 N–H and O–H groups in total. The van der Waals surface area contributed by atoms with E-state index in [0.717, 1.165) is 19.3 Å². The number of piperidine rings is 1. The summed E-state index contributed by atoms with van der Waals surface area (Å²) in [5.41, 5.74) is 7.88. The van der Waals surface area contributed by atoms with Crippen LogP contribution in [0.3, 0.4) is 0 Å². The lowest BCUT2D eigenvalue weighted by Gasteiger charge is -2.26. The van der Waals surface area contributed by atoms with Crippen molar-refractivity contribution in [2.75, 3.05) is 18.5 Å². The van der Waals surface area contributed by atoms with E-state index in [2.05, 4.69) is 10.5 Å². The first-order valence-electron chi connectivity index (χ1n) is 7.13. The Balaban J connectivity index is 2.23. The highest BCUT2D eigenvalue weighted by atomic mass is 32.2. The molecule has 1 aromatic rings.